The first-order chi connectivity index (χ1) is 10.6. The number of benzene rings is 1. The van der Waals surface area contributed by atoms with Crippen LogP contribution in [0.4, 0.5) is 4.39 Å². The molecule has 0 bridgehead atoms. The maximum Gasteiger partial charge on any atom is 0.255 e. The van der Waals surface area contributed by atoms with E-state index in [2.05, 4.69) is 16.8 Å². The van der Waals surface area contributed by atoms with E-state index in [1.807, 2.05) is 6.20 Å². The Kier molecular flexibility index (Phi) is 3.71. The zero-order valence-electron chi connectivity index (χ0n) is 12.4. The lowest BCUT2D eigenvalue weighted by Gasteiger charge is -2.29. The molecule has 0 saturated heterocycles. The highest BCUT2D eigenvalue weighted by molar-refractivity contribution is 5.77. The van der Waals surface area contributed by atoms with Crippen LogP contribution >= 0.6 is 0 Å². The van der Waals surface area contributed by atoms with Gasteiger partial charge in [-0.2, -0.15) is 0 Å². The predicted octanol–water partition coefficient (Wildman–Crippen LogP) is 2.66. The van der Waals surface area contributed by atoms with Gasteiger partial charge in [-0.3, -0.25) is 4.79 Å². The summed E-state index contributed by atoms with van der Waals surface area (Å²) in [6.07, 6.45) is 4.40. The first kappa shape index (κ1) is 14.4. The minimum Gasteiger partial charge on any atom is -0.397 e. The van der Waals surface area contributed by atoms with Crippen LogP contribution in [-0.2, 0) is 6.54 Å². The number of fused-ring (bicyclic) bond motifs is 1. The van der Waals surface area contributed by atoms with Crippen molar-refractivity contribution in [1.82, 2.24) is 9.88 Å². The Labute approximate surface area is 128 Å². The van der Waals surface area contributed by atoms with Crippen molar-refractivity contribution in [2.45, 2.75) is 19.9 Å². The number of aromatic nitrogens is 1. The van der Waals surface area contributed by atoms with Crippen LogP contribution in [0.1, 0.15) is 24.5 Å². The average Bonchev–Trinajstić information content (AvgIpc) is 2.48. The fourth-order valence-corrected chi connectivity index (χ4v) is 2.91. The van der Waals surface area contributed by atoms with Crippen LogP contribution in [0.25, 0.3) is 16.8 Å². The topological polar surface area (TPSA) is 62.1 Å². The van der Waals surface area contributed by atoms with E-state index in [-0.39, 0.29) is 5.56 Å². The Morgan fingerprint density at radius 2 is 2.14 bits per heavy atom. The summed E-state index contributed by atoms with van der Waals surface area (Å²) in [5, 5.41) is 0. The van der Waals surface area contributed by atoms with E-state index in [0.29, 0.717) is 23.4 Å². The summed E-state index contributed by atoms with van der Waals surface area (Å²) in [7, 11) is 0. The Bertz CT molecular complexity index is 795. The fourth-order valence-electron chi connectivity index (χ4n) is 2.91. The van der Waals surface area contributed by atoms with E-state index in [4.69, 9.17) is 5.73 Å². The van der Waals surface area contributed by atoms with Crippen molar-refractivity contribution >= 4 is 5.70 Å². The zero-order valence-corrected chi connectivity index (χ0v) is 12.4. The quantitative estimate of drug-likeness (QED) is 0.916. The molecule has 2 heterocycles. The molecule has 1 aromatic heterocycles. The molecule has 0 unspecified atom stereocenters. The molecule has 0 spiro atoms. The number of nitrogens with zero attached hydrogens (tertiary/aromatic N) is 1. The summed E-state index contributed by atoms with van der Waals surface area (Å²) in [4.78, 5) is 16.7. The third-order valence-electron chi connectivity index (χ3n) is 3.85. The van der Waals surface area contributed by atoms with Crippen LogP contribution in [0.3, 0.4) is 0 Å². The van der Waals surface area contributed by atoms with E-state index in [1.165, 1.54) is 12.3 Å². The summed E-state index contributed by atoms with van der Waals surface area (Å²) >= 11 is 0. The second-order valence-electron chi connectivity index (χ2n) is 5.42. The Balaban J connectivity index is 2.22. The van der Waals surface area contributed by atoms with Crippen molar-refractivity contribution in [2.24, 2.45) is 5.73 Å². The summed E-state index contributed by atoms with van der Waals surface area (Å²) in [6, 6.07) is 6.38. The third kappa shape index (κ3) is 2.39. The van der Waals surface area contributed by atoms with Crippen LogP contribution in [0.5, 0.6) is 0 Å². The molecule has 1 aliphatic heterocycles. The molecular weight excluding hydrogens is 281 g/mol. The smallest absolute Gasteiger partial charge is 0.255 e. The summed E-state index contributed by atoms with van der Waals surface area (Å²) < 4.78 is 14.5. The van der Waals surface area contributed by atoms with Crippen molar-refractivity contribution in [3.05, 3.63) is 64.0 Å². The number of aromatic amines is 1. The third-order valence-corrected chi connectivity index (χ3v) is 3.85. The monoisotopic (exact) mass is 299 g/mol. The Morgan fingerprint density at radius 3 is 2.86 bits per heavy atom. The maximum absolute atomic E-state index is 14.5. The first-order valence-electron chi connectivity index (χ1n) is 7.33. The van der Waals surface area contributed by atoms with Crippen molar-refractivity contribution in [3.63, 3.8) is 0 Å². The fraction of sp³-hybridized carbons (Fsp3) is 0.235. The number of nitrogens with two attached hydrogens (primary N) is 1. The molecular formula is C17H18FN3O. The lowest BCUT2D eigenvalue weighted by molar-refractivity contribution is 0.364. The molecule has 0 radical (unpaired) electrons. The number of hydrogen-bond acceptors (Lipinski definition) is 3. The molecule has 5 heteroatoms. The molecule has 3 rings (SSSR count). The van der Waals surface area contributed by atoms with Crippen molar-refractivity contribution in [3.8, 4) is 11.1 Å². The summed E-state index contributed by atoms with van der Waals surface area (Å²) in [6.45, 7) is 3.46. The second-order valence-corrected chi connectivity index (χ2v) is 5.42. The maximum atomic E-state index is 14.5. The number of halogens is 1. The Morgan fingerprint density at radius 1 is 1.32 bits per heavy atom. The highest BCUT2D eigenvalue weighted by Crippen LogP contribution is 2.33. The molecule has 1 aromatic carbocycles. The van der Waals surface area contributed by atoms with Crippen molar-refractivity contribution < 1.29 is 4.39 Å². The summed E-state index contributed by atoms with van der Waals surface area (Å²) in [5.41, 5.74) is 8.66. The first-order valence-corrected chi connectivity index (χ1v) is 7.33. The van der Waals surface area contributed by atoms with E-state index in [9.17, 15) is 9.18 Å². The van der Waals surface area contributed by atoms with Crippen molar-refractivity contribution in [2.75, 3.05) is 6.54 Å². The number of pyridine rings is 1. The van der Waals surface area contributed by atoms with Gasteiger partial charge in [0.15, 0.2) is 0 Å². The molecule has 3 N–H and O–H groups in total. The molecule has 114 valence electrons. The minimum atomic E-state index is -0.401. The largest absolute Gasteiger partial charge is 0.397 e. The molecule has 4 nitrogen and oxygen atoms in total. The van der Waals surface area contributed by atoms with Gasteiger partial charge in [0.2, 0.25) is 0 Å². The molecule has 0 amide bonds. The van der Waals surface area contributed by atoms with Gasteiger partial charge in [-0.05, 0) is 36.2 Å². The molecule has 22 heavy (non-hydrogen) atoms. The van der Waals surface area contributed by atoms with Gasteiger partial charge in [0.1, 0.15) is 5.82 Å². The van der Waals surface area contributed by atoms with Gasteiger partial charge >= 0.3 is 0 Å². The zero-order chi connectivity index (χ0) is 15.7. The minimum absolute atomic E-state index is 0.301. The molecule has 1 aliphatic rings. The standard InChI is InChI=1S/C17H18FN3O/c1-2-8-21-9-13-11(15(19)10-21)5-6-14(18)16(13)12-4-3-7-20-17(12)22/h3-7,10H,2,8-9,19H2,1H3,(H,20,22). The van der Waals surface area contributed by atoms with Gasteiger partial charge < -0.3 is 15.6 Å². The number of rotatable bonds is 3. The SMILES string of the molecule is CCCN1C=C(N)c2ccc(F)c(-c3ccc[nH]c3=O)c2C1. The van der Waals surface area contributed by atoms with Gasteiger partial charge in [0.25, 0.3) is 5.56 Å². The van der Waals surface area contributed by atoms with Gasteiger partial charge in [-0.1, -0.05) is 6.92 Å². The van der Waals surface area contributed by atoms with Crippen LogP contribution in [0.2, 0.25) is 0 Å². The number of hydrogen-bond donors (Lipinski definition) is 2. The van der Waals surface area contributed by atoms with Gasteiger partial charge in [0.05, 0.1) is 11.3 Å². The van der Waals surface area contributed by atoms with E-state index in [0.717, 1.165) is 24.1 Å². The lowest BCUT2D eigenvalue weighted by Crippen LogP contribution is -2.26. The highest BCUT2D eigenvalue weighted by atomic mass is 19.1. The molecule has 0 atom stereocenters. The van der Waals surface area contributed by atoms with Gasteiger partial charge in [-0.25, -0.2) is 4.39 Å². The number of H-pyrrole nitrogens is 1. The van der Waals surface area contributed by atoms with E-state index < -0.39 is 5.82 Å². The van der Waals surface area contributed by atoms with Crippen LogP contribution in [0, 0.1) is 5.82 Å². The van der Waals surface area contributed by atoms with Gasteiger partial charge in [0, 0.05) is 36.6 Å². The van der Waals surface area contributed by atoms with E-state index >= 15 is 0 Å². The predicted molar refractivity (Wildman–Crippen MR) is 85.3 cm³/mol. The van der Waals surface area contributed by atoms with Crippen LogP contribution in [-0.4, -0.2) is 16.4 Å². The average molecular weight is 299 g/mol. The number of nitrogens with one attached hydrogen (secondary N) is 1. The van der Waals surface area contributed by atoms with Gasteiger partial charge in [-0.15, -0.1) is 0 Å². The van der Waals surface area contributed by atoms with Crippen molar-refractivity contribution in [1.29, 1.82) is 0 Å². The molecule has 0 saturated carbocycles. The highest BCUT2D eigenvalue weighted by Gasteiger charge is 2.23. The normalized spacial score (nSPS) is 13.7. The molecule has 0 fully saturated rings. The molecule has 2 aromatic rings. The molecule has 0 aliphatic carbocycles. The van der Waals surface area contributed by atoms with E-state index in [1.54, 1.807) is 18.2 Å². The second kappa shape index (κ2) is 5.67. The Hall–Kier alpha value is -2.56. The van der Waals surface area contributed by atoms with Crippen LogP contribution < -0.4 is 11.3 Å². The lowest BCUT2D eigenvalue weighted by atomic mass is 9.92. The van der Waals surface area contributed by atoms with Crippen LogP contribution in [0.15, 0.2) is 41.5 Å². The summed E-state index contributed by atoms with van der Waals surface area (Å²) in [5.74, 6) is -0.401.